The molecule has 0 aliphatic rings. The number of rotatable bonds is 7. The standard InChI is InChI=1S/C21H24N2O5/c1-4-27-21(26)28-18-10-8-16(9-11-18)20(25)22-13-15-6-5-7-17(12-15)23-19(24)14(2)3/h5-12,14H,4,13H2,1-3H3,(H,22,25)(H,23,24). The largest absolute Gasteiger partial charge is 0.513 e. The number of benzene rings is 2. The van der Waals surface area contributed by atoms with Crippen molar-refractivity contribution in [2.45, 2.75) is 27.3 Å². The van der Waals surface area contributed by atoms with E-state index in [4.69, 9.17) is 9.47 Å². The van der Waals surface area contributed by atoms with Gasteiger partial charge in [-0.3, -0.25) is 9.59 Å². The molecule has 7 heteroatoms. The molecular weight excluding hydrogens is 360 g/mol. The van der Waals surface area contributed by atoms with E-state index in [0.717, 1.165) is 5.56 Å². The van der Waals surface area contributed by atoms with Crippen LogP contribution >= 0.6 is 0 Å². The summed E-state index contributed by atoms with van der Waals surface area (Å²) in [4.78, 5) is 35.4. The number of hydrogen-bond acceptors (Lipinski definition) is 5. The summed E-state index contributed by atoms with van der Waals surface area (Å²) in [6.07, 6.45) is -0.788. The highest BCUT2D eigenvalue weighted by Gasteiger charge is 2.10. The molecule has 2 amide bonds. The van der Waals surface area contributed by atoms with E-state index in [1.807, 2.05) is 32.0 Å². The summed E-state index contributed by atoms with van der Waals surface area (Å²) in [5, 5.41) is 5.64. The van der Waals surface area contributed by atoms with Gasteiger partial charge in [0.15, 0.2) is 0 Å². The summed E-state index contributed by atoms with van der Waals surface area (Å²) in [6.45, 7) is 5.86. The SMILES string of the molecule is CCOC(=O)Oc1ccc(C(=O)NCc2cccc(NC(=O)C(C)C)c2)cc1. The monoisotopic (exact) mass is 384 g/mol. The van der Waals surface area contributed by atoms with Crippen LogP contribution in [0.2, 0.25) is 0 Å². The van der Waals surface area contributed by atoms with Gasteiger partial charge in [0.1, 0.15) is 5.75 Å². The fourth-order valence-electron chi connectivity index (χ4n) is 2.25. The third kappa shape index (κ3) is 6.42. The van der Waals surface area contributed by atoms with Crippen LogP contribution in [0.3, 0.4) is 0 Å². The first kappa shape index (κ1) is 21.0. The fourth-order valence-corrected chi connectivity index (χ4v) is 2.25. The molecule has 2 N–H and O–H groups in total. The van der Waals surface area contributed by atoms with Crippen molar-refractivity contribution in [2.24, 2.45) is 5.92 Å². The second-order valence-corrected chi connectivity index (χ2v) is 6.34. The first-order valence-electron chi connectivity index (χ1n) is 9.01. The number of ether oxygens (including phenoxy) is 2. The third-order valence-corrected chi connectivity index (χ3v) is 3.75. The molecule has 0 bridgehead atoms. The molecule has 0 fully saturated rings. The maximum absolute atomic E-state index is 12.3. The fraction of sp³-hybridized carbons (Fsp3) is 0.286. The van der Waals surface area contributed by atoms with Crippen LogP contribution in [0.1, 0.15) is 36.7 Å². The Bertz CT molecular complexity index is 831. The normalized spacial score (nSPS) is 10.3. The van der Waals surface area contributed by atoms with E-state index < -0.39 is 6.16 Å². The summed E-state index contributed by atoms with van der Waals surface area (Å²) < 4.78 is 9.64. The molecule has 0 heterocycles. The van der Waals surface area contributed by atoms with Crippen LogP contribution in [0.5, 0.6) is 5.75 Å². The number of carbonyl (C=O) groups is 3. The molecule has 0 saturated heterocycles. The molecular formula is C21H24N2O5. The Labute approximate surface area is 164 Å². The minimum atomic E-state index is -0.788. The lowest BCUT2D eigenvalue weighted by molar-refractivity contribution is -0.118. The quantitative estimate of drug-likeness (QED) is 0.560. The van der Waals surface area contributed by atoms with Gasteiger partial charge in [0.2, 0.25) is 5.91 Å². The van der Waals surface area contributed by atoms with Crippen molar-refractivity contribution in [2.75, 3.05) is 11.9 Å². The minimum absolute atomic E-state index is 0.0636. The Balaban J connectivity index is 1.91. The average molecular weight is 384 g/mol. The van der Waals surface area contributed by atoms with Crippen molar-refractivity contribution in [3.63, 3.8) is 0 Å². The van der Waals surface area contributed by atoms with Gasteiger partial charge < -0.3 is 20.1 Å². The van der Waals surface area contributed by atoms with E-state index in [1.54, 1.807) is 25.1 Å². The van der Waals surface area contributed by atoms with Crippen LogP contribution in [0.15, 0.2) is 48.5 Å². The maximum Gasteiger partial charge on any atom is 0.513 e. The van der Waals surface area contributed by atoms with Crippen LogP contribution in [0.25, 0.3) is 0 Å². The molecule has 0 aliphatic heterocycles. The topological polar surface area (TPSA) is 93.7 Å². The molecule has 2 rings (SSSR count). The predicted molar refractivity (Wildman–Crippen MR) is 105 cm³/mol. The Morgan fingerprint density at radius 1 is 1.04 bits per heavy atom. The van der Waals surface area contributed by atoms with Crippen molar-refractivity contribution in [3.8, 4) is 5.75 Å². The number of anilines is 1. The minimum Gasteiger partial charge on any atom is -0.434 e. The zero-order valence-electron chi connectivity index (χ0n) is 16.2. The van der Waals surface area contributed by atoms with Gasteiger partial charge in [0.25, 0.3) is 5.91 Å². The number of carbonyl (C=O) groups excluding carboxylic acids is 3. The molecule has 0 radical (unpaired) electrons. The van der Waals surface area contributed by atoms with E-state index in [0.29, 0.717) is 23.5 Å². The second kappa shape index (κ2) is 10.1. The Morgan fingerprint density at radius 3 is 2.39 bits per heavy atom. The van der Waals surface area contributed by atoms with Crippen LogP contribution < -0.4 is 15.4 Å². The molecule has 0 spiro atoms. The smallest absolute Gasteiger partial charge is 0.434 e. The second-order valence-electron chi connectivity index (χ2n) is 6.34. The highest BCUT2D eigenvalue weighted by atomic mass is 16.7. The van der Waals surface area contributed by atoms with Crippen LogP contribution in [0.4, 0.5) is 10.5 Å². The molecule has 0 atom stereocenters. The van der Waals surface area contributed by atoms with E-state index in [2.05, 4.69) is 10.6 Å². The van der Waals surface area contributed by atoms with Crippen LogP contribution in [-0.2, 0) is 16.1 Å². The van der Waals surface area contributed by atoms with E-state index >= 15 is 0 Å². The lowest BCUT2D eigenvalue weighted by Crippen LogP contribution is -2.23. The van der Waals surface area contributed by atoms with Gasteiger partial charge in [0.05, 0.1) is 6.61 Å². The van der Waals surface area contributed by atoms with E-state index in [9.17, 15) is 14.4 Å². The summed E-state index contributed by atoms with van der Waals surface area (Å²) in [7, 11) is 0. The maximum atomic E-state index is 12.3. The van der Waals surface area contributed by atoms with Crippen molar-refractivity contribution >= 4 is 23.7 Å². The van der Waals surface area contributed by atoms with Crippen LogP contribution in [-0.4, -0.2) is 24.6 Å². The molecule has 0 saturated carbocycles. The van der Waals surface area contributed by atoms with Crippen molar-refractivity contribution < 1.29 is 23.9 Å². The van der Waals surface area contributed by atoms with Gasteiger partial charge in [-0.25, -0.2) is 4.79 Å². The molecule has 0 aromatic heterocycles. The first-order valence-corrected chi connectivity index (χ1v) is 9.01. The molecule has 2 aromatic carbocycles. The van der Waals surface area contributed by atoms with Crippen molar-refractivity contribution in [1.82, 2.24) is 5.32 Å². The summed E-state index contributed by atoms with van der Waals surface area (Å²) in [5.74, 6) is -0.145. The lowest BCUT2D eigenvalue weighted by atomic mass is 10.1. The molecule has 28 heavy (non-hydrogen) atoms. The molecule has 148 valence electrons. The number of hydrogen-bond donors (Lipinski definition) is 2. The lowest BCUT2D eigenvalue weighted by Gasteiger charge is -2.10. The predicted octanol–water partition coefficient (Wildman–Crippen LogP) is 3.75. The van der Waals surface area contributed by atoms with Gasteiger partial charge in [0, 0.05) is 23.7 Å². The average Bonchev–Trinajstić information content (AvgIpc) is 2.67. The zero-order valence-corrected chi connectivity index (χ0v) is 16.2. The summed E-state index contributed by atoms with van der Waals surface area (Å²) in [6, 6.07) is 13.5. The number of nitrogens with one attached hydrogen (secondary N) is 2. The Kier molecular flexibility index (Phi) is 7.56. The van der Waals surface area contributed by atoms with Gasteiger partial charge in [-0.05, 0) is 48.9 Å². The molecule has 7 nitrogen and oxygen atoms in total. The van der Waals surface area contributed by atoms with Gasteiger partial charge in [-0.15, -0.1) is 0 Å². The van der Waals surface area contributed by atoms with E-state index in [-0.39, 0.29) is 24.3 Å². The molecule has 0 aliphatic carbocycles. The Morgan fingerprint density at radius 2 is 1.75 bits per heavy atom. The summed E-state index contributed by atoms with van der Waals surface area (Å²) in [5.41, 5.74) is 1.98. The van der Waals surface area contributed by atoms with Gasteiger partial charge in [-0.2, -0.15) is 0 Å². The summed E-state index contributed by atoms with van der Waals surface area (Å²) >= 11 is 0. The van der Waals surface area contributed by atoms with Gasteiger partial charge in [-0.1, -0.05) is 26.0 Å². The van der Waals surface area contributed by atoms with Crippen LogP contribution in [0, 0.1) is 5.92 Å². The van der Waals surface area contributed by atoms with Gasteiger partial charge >= 0.3 is 6.16 Å². The molecule has 2 aromatic rings. The molecule has 0 unspecified atom stereocenters. The van der Waals surface area contributed by atoms with Crippen molar-refractivity contribution in [3.05, 3.63) is 59.7 Å². The highest BCUT2D eigenvalue weighted by Crippen LogP contribution is 2.14. The zero-order chi connectivity index (χ0) is 20.5. The first-order chi connectivity index (χ1) is 13.4. The third-order valence-electron chi connectivity index (χ3n) is 3.75. The van der Waals surface area contributed by atoms with E-state index in [1.165, 1.54) is 12.1 Å². The number of amides is 2. The Hall–Kier alpha value is -3.35. The van der Waals surface area contributed by atoms with Crippen molar-refractivity contribution in [1.29, 1.82) is 0 Å². The highest BCUT2D eigenvalue weighted by molar-refractivity contribution is 5.94.